The molecule has 0 radical (unpaired) electrons. The molecule has 0 bridgehead atoms. The number of esters is 1. The highest BCUT2D eigenvalue weighted by Gasteiger charge is 2.19. The summed E-state index contributed by atoms with van der Waals surface area (Å²) in [5.41, 5.74) is 1.75. The summed E-state index contributed by atoms with van der Waals surface area (Å²) in [6, 6.07) is 18.1. The summed E-state index contributed by atoms with van der Waals surface area (Å²) in [5, 5.41) is 15.1. The molecule has 1 atom stereocenters. The van der Waals surface area contributed by atoms with E-state index in [-0.39, 0.29) is 12.2 Å². The molecule has 0 saturated carbocycles. The lowest BCUT2D eigenvalue weighted by Crippen LogP contribution is -2.30. The Balaban J connectivity index is 1.38. The van der Waals surface area contributed by atoms with Gasteiger partial charge >= 0.3 is 5.97 Å². The molecule has 3 aromatic carbocycles. The molecule has 29 heavy (non-hydrogen) atoms. The van der Waals surface area contributed by atoms with E-state index in [1.165, 1.54) is 25.3 Å². The molecule has 1 amide bonds. The van der Waals surface area contributed by atoms with E-state index in [4.69, 9.17) is 9.15 Å². The SMILES string of the molecule is C[C@@H](OC(=O)Cc1coc2cc(O)ccc12)C(=O)Nc1ccc2ccccc2c1. The zero-order chi connectivity index (χ0) is 20.4. The van der Waals surface area contributed by atoms with Crippen molar-refractivity contribution in [3.05, 3.63) is 72.5 Å². The summed E-state index contributed by atoms with van der Waals surface area (Å²) in [4.78, 5) is 24.7. The Morgan fingerprint density at radius 1 is 1.07 bits per heavy atom. The Morgan fingerprint density at radius 2 is 1.86 bits per heavy atom. The van der Waals surface area contributed by atoms with Crippen LogP contribution in [-0.4, -0.2) is 23.1 Å². The van der Waals surface area contributed by atoms with Crippen LogP contribution in [0.2, 0.25) is 0 Å². The van der Waals surface area contributed by atoms with Crippen molar-refractivity contribution in [2.75, 3.05) is 5.32 Å². The first-order valence-corrected chi connectivity index (χ1v) is 9.18. The van der Waals surface area contributed by atoms with Gasteiger partial charge < -0.3 is 19.6 Å². The van der Waals surface area contributed by atoms with E-state index in [2.05, 4.69) is 5.32 Å². The average molecular weight is 389 g/mol. The maximum Gasteiger partial charge on any atom is 0.311 e. The topological polar surface area (TPSA) is 88.8 Å². The first-order valence-electron chi connectivity index (χ1n) is 9.18. The smallest absolute Gasteiger partial charge is 0.311 e. The lowest BCUT2D eigenvalue weighted by molar-refractivity contribution is -0.152. The third kappa shape index (κ3) is 4.06. The number of nitrogens with one attached hydrogen (secondary N) is 1. The van der Waals surface area contributed by atoms with Gasteiger partial charge in [0, 0.05) is 22.7 Å². The van der Waals surface area contributed by atoms with Crippen LogP contribution < -0.4 is 5.32 Å². The normalized spacial score (nSPS) is 12.0. The molecule has 4 rings (SSSR count). The fraction of sp³-hybridized carbons (Fsp3) is 0.130. The zero-order valence-electron chi connectivity index (χ0n) is 15.7. The minimum atomic E-state index is -0.948. The lowest BCUT2D eigenvalue weighted by atomic mass is 10.1. The van der Waals surface area contributed by atoms with Gasteiger partial charge in [0.25, 0.3) is 5.91 Å². The Bertz CT molecular complexity index is 1210. The average Bonchev–Trinajstić information content (AvgIpc) is 3.09. The lowest BCUT2D eigenvalue weighted by Gasteiger charge is -2.14. The van der Waals surface area contributed by atoms with Gasteiger partial charge in [0.05, 0.1) is 12.7 Å². The van der Waals surface area contributed by atoms with Gasteiger partial charge in [0.2, 0.25) is 0 Å². The molecule has 0 aliphatic carbocycles. The molecule has 146 valence electrons. The van der Waals surface area contributed by atoms with Gasteiger partial charge in [-0.25, -0.2) is 0 Å². The van der Waals surface area contributed by atoms with Crippen molar-refractivity contribution in [1.29, 1.82) is 0 Å². The molecule has 4 aromatic rings. The molecule has 0 aliphatic rings. The molecule has 6 nitrogen and oxygen atoms in total. The third-order valence-electron chi connectivity index (χ3n) is 4.67. The van der Waals surface area contributed by atoms with Gasteiger partial charge in [-0.15, -0.1) is 0 Å². The highest BCUT2D eigenvalue weighted by atomic mass is 16.5. The van der Waals surface area contributed by atoms with Crippen molar-refractivity contribution in [2.24, 2.45) is 0 Å². The summed E-state index contributed by atoms with van der Waals surface area (Å²) in [5.74, 6) is -0.863. The Morgan fingerprint density at radius 3 is 2.69 bits per heavy atom. The van der Waals surface area contributed by atoms with E-state index >= 15 is 0 Å². The van der Waals surface area contributed by atoms with Crippen molar-refractivity contribution in [1.82, 2.24) is 0 Å². The van der Waals surface area contributed by atoms with Gasteiger partial charge in [-0.1, -0.05) is 30.3 Å². The summed E-state index contributed by atoms with van der Waals surface area (Å²) in [6.07, 6.45) is 0.465. The number of amides is 1. The largest absolute Gasteiger partial charge is 0.508 e. The molecular weight excluding hydrogens is 370 g/mol. The molecule has 0 unspecified atom stereocenters. The molecule has 6 heteroatoms. The molecule has 0 fully saturated rings. The van der Waals surface area contributed by atoms with Crippen LogP contribution >= 0.6 is 0 Å². The quantitative estimate of drug-likeness (QED) is 0.494. The second-order valence-electron chi connectivity index (χ2n) is 6.80. The van der Waals surface area contributed by atoms with Crippen molar-refractivity contribution in [2.45, 2.75) is 19.4 Å². The number of benzene rings is 3. The van der Waals surface area contributed by atoms with E-state index in [1.54, 1.807) is 6.07 Å². The van der Waals surface area contributed by atoms with Crippen LogP contribution in [0.3, 0.4) is 0 Å². The number of carbonyl (C=O) groups excluding carboxylic acids is 2. The number of hydrogen-bond acceptors (Lipinski definition) is 5. The number of ether oxygens (including phenoxy) is 1. The number of fused-ring (bicyclic) bond motifs is 2. The number of furan rings is 1. The second-order valence-corrected chi connectivity index (χ2v) is 6.80. The molecule has 2 N–H and O–H groups in total. The molecule has 0 spiro atoms. The maximum atomic E-state index is 12.4. The third-order valence-corrected chi connectivity index (χ3v) is 4.67. The van der Waals surface area contributed by atoms with Gasteiger partial charge in [-0.3, -0.25) is 9.59 Å². The first kappa shape index (κ1) is 18.6. The molecule has 1 heterocycles. The zero-order valence-corrected chi connectivity index (χ0v) is 15.7. The highest BCUT2D eigenvalue weighted by molar-refractivity contribution is 5.97. The summed E-state index contributed by atoms with van der Waals surface area (Å²) >= 11 is 0. The summed E-state index contributed by atoms with van der Waals surface area (Å²) in [6.45, 7) is 1.53. The van der Waals surface area contributed by atoms with Crippen LogP contribution in [0, 0.1) is 0 Å². The van der Waals surface area contributed by atoms with Gasteiger partial charge in [0.15, 0.2) is 6.10 Å². The number of hydrogen-bond donors (Lipinski definition) is 2. The number of rotatable bonds is 5. The second kappa shape index (κ2) is 7.67. The van der Waals surface area contributed by atoms with Crippen LogP contribution in [0.1, 0.15) is 12.5 Å². The number of carbonyl (C=O) groups is 2. The minimum Gasteiger partial charge on any atom is -0.508 e. The van der Waals surface area contributed by atoms with Crippen LogP contribution in [0.4, 0.5) is 5.69 Å². The van der Waals surface area contributed by atoms with E-state index in [9.17, 15) is 14.7 Å². The Labute approximate surface area is 166 Å². The van der Waals surface area contributed by atoms with Gasteiger partial charge in [-0.05, 0) is 42.0 Å². The van der Waals surface area contributed by atoms with Crippen molar-refractivity contribution < 1.29 is 23.8 Å². The Hall–Kier alpha value is -3.80. The van der Waals surface area contributed by atoms with Gasteiger partial charge in [-0.2, -0.15) is 0 Å². The fourth-order valence-electron chi connectivity index (χ4n) is 3.17. The minimum absolute atomic E-state index is 0.0363. The van der Waals surface area contributed by atoms with Crippen molar-refractivity contribution in [3.8, 4) is 5.75 Å². The number of anilines is 1. The fourth-order valence-corrected chi connectivity index (χ4v) is 3.17. The van der Waals surface area contributed by atoms with Gasteiger partial charge in [0.1, 0.15) is 11.3 Å². The molecule has 0 saturated heterocycles. The molecule has 0 aliphatic heterocycles. The van der Waals surface area contributed by atoms with Crippen LogP contribution in [0.25, 0.3) is 21.7 Å². The number of phenolic OH excluding ortho intramolecular Hbond substituents is 1. The summed E-state index contributed by atoms with van der Waals surface area (Å²) in [7, 11) is 0. The maximum absolute atomic E-state index is 12.4. The highest BCUT2D eigenvalue weighted by Crippen LogP contribution is 2.25. The number of aromatic hydroxyl groups is 1. The molecule has 1 aromatic heterocycles. The van der Waals surface area contributed by atoms with Crippen molar-refractivity contribution >= 4 is 39.3 Å². The Kier molecular flexibility index (Phi) is 4.91. The predicted octanol–water partition coefficient (Wildman–Crippen LogP) is 4.40. The number of phenols is 1. The molecular formula is C23H19NO5. The van der Waals surface area contributed by atoms with Crippen molar-refractivity contribution in [3.63, 3.8) is 0 Å². The van der Waals surface area contributed by atoms with E-state index in [0.29, 0.717) is 22.2 Å². The standard InChI is InChI=1S/C23H19NO5/c1-14(23(27)24-18-7-6-15-4-2-3-5-16(15)10-18)29-22(26)11-17-13-28-21-12-19(25)8-9-20(17)21/h2-10,12-14,25H,11H2,1H3,(H,24,27)/t14-/m1/s1. The van der Waals surface area contributed by atoms with Crippen LogP contribution in [-0.2, 0) is 20.7 Å². The van der Waals surface area contributed by atoms with E-state index in [0.717, 1.165) is 10.8 Å². The van der Waals surface area contributed by atoms with Crippen LogP contribution in [0.5, 0.6) is 5.75 Å². The predicted molar refractivity (Wildman–Crippen MR) is 110 cm³/mol. The van der Waals surface area contributed by atoms with E-state index in [1.807, 2.05) is 42.5 Å². The monoisotopic (exact) mass is 389 g/mol. The summed E-state index contributed by atoms with van der Waals surface area (Å²) < 4.78 is 10.6. The first-order chi connectivity index (χ1) is 14.0. The van der Waals surface area contributed by atoms with Crippen LogP contribution in [0.15, 0.2) is 71.3 Å². The van der Waals surface area contributed by atoms with E-state index < -0.39 is 18.0 Å².